The van der Waals surface area contributed by atoms with E-state index in [1.807, 2.05) is 0 Å². The maximum atomic E-state index is 11.5. The maximum Gasteiger partial charge on any atom is 0.362 e. The van der Waals surface area contributed by atoms with E-state index in [9.17, 15) is 4.79 Å². The summed E-state index contributed by atoms with van der Waals surface area (Å²) in [6, 6.07) is 0. The fraction of sp³-hybridized carbons (Fsp3) is 0.444. The zero-order valence-corrected chi connectivity index (χ0v) is 9.91. The highest BCUT2D eigenvalue weighted by Gasteiger charge is 2.19. The maximum absolute atomic E-state index is 11.5. The number of thiazole rings is 1. The van der Waals surface area contributed by atoms with Crippen LogP contribution in [0.3, 0.4) is 0 Å². The van der Waals surface area contributed by atoms with Gasteiger partial charge in [0.05, 0.1) is 6.61 Å². The lowest BCUT2D eigenvalue weighted by molar-refractivity contribution is -0.135. The Hall–Kier alpha value is -1.63. The minimum Gasteiger partial charge on any atom is -0.461 e. The minimum atomic E-state index is -0.568. The van der Waals surface area contributed by atoms with Gasteiger partial charge in [-0.3, -0.25) is 0 Å². The van der Waals surface area contributed by atoms with Gasteiger partial charge in [-0.25, -0.2) is 9.78 Å². The van der Waals surface area contributed by atoms with Gasteiger partial charge in [0.1, 0.15) is 12.3 Å². The largest absolute Gasteiger partial charge is 0.461 e. The van der Waals surface area contributed by atoms with Crippen molar-refractivity contribution in [1.82, 2.24) is 4.98 Å². The van der Waals surface area contributed by atoms with Crippen molar-refractivity contribution in [2.45, 2.75) is 13.8 Å². The lowest BCUT2D eigenvalue weighted by atomic mass is 10.3. The molecule has 88 valence electrons. The Morgan fingerprint density at radius 1 is 1.56 bits per heavy atom. The summed E-state index contributed by atoms with van der Waals surface area (Å²) in [5.74, 6) is -0.568. The van der Waals surface area contributed by atoms with Gasteiger partial charge in [-0.05, 0) is 13.8 Å². The number of nitrogens with zero attached hydrogens (tertiary/aromatic N) is 2. The van der Waals surface area contributed by atoms with Crippen LogP contribution in [0, 0.1) is 0 Å². The van der Waals surface area contributed by atoms with E-state index in [0.717, 1.165) is 0 Å². The summed E-state index contributed by atoms with van der Waals surface area (Å²) in [4.78, 5) is 20.3. The number of nitrogens with two attached hydrogens (primary N) is 1. The molecule has 6 nitrogen and oxygen atoms in total. The van der Waals surface area contributed by atoms with Gasteiger partial charge in [0.25, 0.3) is 0 Å². The highest BCUT2D eigenvalue weighted by Crippen LogP contribution is 2.12. The summed E-state index contributed by atoms with van der Waals surface area (Å²) in [6.07, 6.45) is 0. The molecule has 1 aromatic rings. The van der Waals surface area contributed by atoms with E-state index in [-0.39, 0.29) is 12.3 Å². The highest BCUT2D eigenvalue weighted by molar-refractivity contribution is 7.13. The van der Waals surface area contributed by atoms with Crippen molar-refractivity contribution in [2.75, 3.05) is 18.9 Å². The molecule has 0 aliphatic carbocycles. The van der Waals surface area contributed by atoms with Crippen LogP contribution < -0.4 is 5.73 Å². The first-order chi connectivity index (χ1) is 7.69. The van der Waals surface area contributed by atoms with E-state index >= 15 is 0 Å². The fourth-order valence-electron chi connectivity index (χ4n) is 0.914. The molecule has 1 heterocycles. The van der Waals surface area contributed by atoms with Gasteiger partial charge >= 0.3 is 5.97 Å². The molecular formula is C9H13N3O3S. The molecule has 1 aromatic heterocycles. The Kier molecular flexibility index (Phi) is 4.71. The van der Waals surface area contributed by atoms with Gasteiger partial charge in [0.2, 0.25) is 5.71 Å². The van der Waals surface area contributed by atoms with Crippen LogP contribution in [0.1, 0.15) is 19.5 Å². The van der Waals surface area contributed by atoms with Crippen LogP contribution in [0.15, 0.2) is 10.5 Å². The average Bonchev–Trinajstić information content (AvgIpc) is 2.66. The summed E-state index contributed by atoms with van der Waals surface area (Å²) in [5, 5.41) is 5.67. The molecule has 2 N–H and O–H groups in total. The predicted molar refractivity (Wildman–Crippen MR) is 61.3 cm³/mol. The summed E-state index contributed by atoms with van der Waals surface area (Å²) < 4.78 is 4.84. The molecular weight excluding hydrogens is 230 g/mol. The van der Waals surface area contributed by atoms with Crippen molar-refractivity contribution in [3.63, 3.8) is 0 Å². The Labute approximate surface area is 97.1 Å². The topological polar surface area (TPSA) is 86.8 Å². The number of carbonyl (C=O) groups is 1. The monoisotopic (exact) mass is 243 g/mol. The first-order valence-corrected chi connectivity index (χ1v) is 5.65. The van der Waals surface area contributed by atoms with E-state index in [4.69, 9.17) is 15.3 Å². The van der Waals surface area contributed by atoms with Gasteiger partial charge in [0.15, 0.2) is 5.13 Å². The summed E-state index contributed by atoms with van der Waals surface area (Å²) in [7, 11) is 0. The molecule has 0 aliphatic rings. The Morgan fingerprint density at radius 2 is 2.31 bits per heavy atom. The normalized spacial score (nSPS) is 11.2. The zero-order chi connectivity index (χ0) is 12.0. The number of oxime groups is 1. The first kappa shape index (κ1) is 12.4. The van der Waals surface area contributed by atoms with Crippen molar-refractivity contribution in [1.29, 1.82) is 0 Å². The molecule has 7 heteroatoms. The van der Waals surface area contributed by atoms with Gasteiger partial charge in [0, 0.05) is 5.38 Å². The number of rotatable bonds is 5. The van der Waals surface area contributed by atoms with Crippen molar-refractivity contribution in [3.8, 4) is 0 Å². The smallest absolute Gasteiger partial charge is 0.362 e. The second kappa shape index (κ2) is 6.06. The third-order valence-electron chi connectivity index (χ3n) is 1.52. The molecule has 0 spiro atoms. The zero-order valence-electron chi connectivity index (χ0n) is 9.10. The lowest BCUT2D eigenvalue weighted by Gasteiger charge is -2.02. The molecule has 0 radical (unpaired) electrons. The van der Waals surface area contributed by atoms with Gasteiger partial charge in [-0.15, -0.1) is 11.3 Å². The van der Waals surface area contributed by atoms with Crippen LogP contribution in [0.25, 0.3) is 0 Å². The summed E-state index contributed by atoms with van der Waals surface area (Å²) in [6.45, 7) is 4.11. The minimum absolute atomic E-state index is 0.0386. The second-order valence-corrected chi connectivity index (χ2v) is 3.54. The summed E-state index contributed by atoms with van der Waals surface area (Å²) >= 11 is 1.22. The number of carbonyl (C=O) groups excluding carboxylic acids is 1. The number of ether oxygens (including phenoxy) is 1. The molecule has 1 rings (SSSR count). The predicted octanol–water partition coefficient (Wildman–Crippen LogP) is 1.03. The Morgan fingerprint density at radius 3 is 2.81 bits per heavy atom. The second-order valence-electron chi connectivity index (χ2n) is 2.65. The van der Waals surface area contributed by atoms with Gasteiger partial charge in [-0.1, -0.05) is 5.16 Å². The van der Waals surface area contributed by atoms with Crippen LogP contribution >= 0.6 is 11.3 Å². The van der Waals surface area contributed by atoms with Crippen LogP contribution in [0.4, 0.5) is 5.13 Å². The van der Waals surface area contributed by atoms with Crippen LogP contribution in [0.5, 0.6) is 0 Å². The molecule has 0 aromatic carbocycles. The molecule has 0 saturated heterocycles. The third kappa shape index (κ3) is 3.20. The number of hydrogen-bond donors (Lipinski definition) is 1. The molecule has 0 amide bonds. The molecule has 0 fully saturated rings. The number of aromatic nitrogens is 1. The Bertz CT molecular complexity index is 389. The average molecular weight is 243 g/mol. The molecule has 0 saturated carbocycles. The van der Waals surface area contributed by atoms with E-state index in [2.05, 4.69) is 10.1 Å². The van der Waals surface area contributed by atoms with Crippen molar-refractivity contribution >= 4 is 28.1 Å². The number of hydrogen-bond acceptors (Lipinski definition) is 7. The summed E-state index contributed by atoms with van der Waals surface area (Å²) in [5.41, 5.74) is 5.89. The fourth-order valence-corrected chi connectivity index (χ4v) is 1.46. The van der Waals surface area contributed by atoms with E-state index < -0.39 is 5.97 Å². The molecule has 0 aliphatic heterocycles. The van der Waals surface area contributed by atoms with Crippen molar-refractivity contribution in [2.24, 2.45) is 5.16 Å². The van der Waals surface area contributed by atoms with E-state index in [0.29, 0.717) is 17.4 Å². The molecule has 16 heavy (non-hydrogen) atoms. The van der Waals surface area contributed by atoms with Crippen LogP contribution in [0.2, 0.25) is 0 Å². The van der Waals surface area contributed by atoms with Crippen LogP contribution in [-0.4, -0.2) is 29.9 Å². The Balaban J connectivity index is 2.91. The van der Waals surface area contributed by atoms with Gasteiger partial charge in [-0.2, -0.15) is 0 Å². The number of esters is 1. The third-order valence-corrected chi connectivity index (χ3v) is 2.19. The molecule has 0 unspecified atom stereocenters. The lowest BCUT2D eigenvalue weighted by Crippen LogP contribution is -2.19. The van der Waals surface area contributed by atoms with E-state index in [1.165, 1.54) is 11.3 Å². The highest BCUT2D eigenvalue weighted by atomic mass is 32.1. The standard InChI is InChI=1S/C9H13N3O3S/c1-3-14-8(13)7(12-15-4-2)6-5-16-9(10)11-6/h5H,3-4H2,1-2H3,(H2,10,11). The SMILES string of the molecule is CCON=C(C(=O)OCC)c1csc(N)n1. The van der Waals surface area contributed by atoms with Crippen molar-refractivity contribution < 1.29 is 14.4 Å². The first-order valence-electron chi connectivity index (χ1n) is 4.77. The number of anilines is 1. The molecule has 0 atom stereocenters. The van der Waals surface area contributed by atoms with Gasteiger partial charge < -0.3 is 15.3 Å². The molecule has 0 bridgehead atoms. The van der Waals surface area contributed by atoms with E-state index in [1.54, 1.807) is 19.2 Å². The van der Waals surface area contributed by atoms with Crippen molar-refractivity contribution in [3.05, 3.63) is 11.1 Å². The quantitative estimate of drug-likeness (QED) is 0.474. The number of nitrogen functional groups attached to an aromatic ring is 1. The van der Waals surface area contributed by atoms with Crippen LogP contribution in [-0.2, 0) is 14.4 Å².